The molecule has 1 aromatic heterocycles. The Hall–Kier alpha value is -1.84. The molecule has 104 valence electrons. The second-order valence-corrected chi connectivity index (χ2v) is 5.79. The van der Waals surface area contributed by atoms with Gasteiger partial charge < -0.3 is 9.47 Å². The molecule has 0 saturated carbocycles. The van der Waals surface area contributed by atoms with Gasteiger partial charge in [0.25, 0.3) is 0 Å². The van der Waals surface area contributed by atoms with Crippen LogP contribution in [0.25, 0.3) is 11.4 Å². The topological polar surface area (TPSA) is 34.0 Å². The van der Waals surface area contributed by atoms with Crippen LogP contribution in [-0.4, -0.2) is 27.9 Å². The molecule has 0 atom stereocenters. The summed E-state index contributed by atoms with van der Waals surface area (Å²) in [5, 5.41) is 8.73. The lowest BCUT2D eigenvalue weighted by atomic mass is 10.1. The van der Waals surface area contributed by atoms with Crippen molar-refractivity contribution < 1.29 is 0 Å². The summed E-state index contributed by atoms with van der Waals surface area (Å²) in [5.74, 6) is 2.18. The molecular weight excluding hydrogens is 248 g/mol. The Balaban J connectivity index is 1.64. The maximum Gasteiger partial charge on any atom is 0.163 e. The molecule has 1 saturated heterocycles. The lowest BCUT2D eigenvalue weighted by Gasteiger charge is -2.18. The van der Waals surface area contributed by atoms with Gasteiger partial charge >= 0.3 is 0 Å². The minimum Gasteiger partial charge on any atom is -0.372 e. The minimum atomic E-state index is 1.03. The number of aryl methyl sites for hydroxylation is 1. The molecule has 4 nitrogen and oxygen atoms in total. The first kappa shape index (κ1) is 11.9. The zero-order valence-electron chi connectivity index (χ0n) is 11.8. The summed E-state index contributed by atoms with van der Waals surface area (Å²) in [6.07, 6.45) is 6.19. The van der Waals surface area contributed by atoms with E-state index in [1.807, 2.05) is 0 Å². The van der Waals surface area contributed by atoms with Crippen molar-refractivity contribution >= 4 is 5.69 Å². The van der Waals surface area contributed by atoms with E-state index >= 15 is 0 Å². The van der Waals surface area contributed by atoms with Gasteiger partial charge in [-0.1, -0.05) is 0 Å². The molecule has 0 spiro atoms. The molecule has 0 unspecified atom stereocenters. The second kappa shape index (κ2) is 4.93. The van der Waals surface area contributed by atoms with Crippen molar-refractivity contribution in [3.8, 4) is 11.4 Å². The lowest BCUT2D eigenvalue weighted by Crippen LogP contribution is -2.17. The third-order valence-corrected chi connectivity index (χ3v) is 4.46. The van der Waals surface area contributed by atoms with Crippen LogP contribution < -0.4 is 4.90 Å². The SMILES string of the molecule is c1cc(N2CCCC2)ccc1-c1nnc2n1CCCC2. The average Bonchev–Trinajstić information content (AvgIpc) is 3.17. The Morgan fingerprint density at radius 2 is 1.55 bits per heavy atom. The smallest absolute Gasteiger partial charge is 0.163 e. The fraction of sp³-hybridized carbons (Fsp3) is 0.500. The van der Waals surface area contributed by atoms with Gasteiger partial charge in [0.2, 0.25) is 0 Å². The average molecular weight is 268 g/mol. The number of aromatic nitrogens is 3. The molecule has 0 aliphatic carbocycles. The molecule has 0 N–H and O–H groups in total. The molecule has 3 heterocycles. The maximum absolute atomic E-state index is 4.39. The summed E-state index contributed by atoms with van der Waals surface area (Å²) in [7, 11) is 0. The summed E-state index contributed by atoms with van der Waals surface area (Å²) >= 11 is 0. The fourth-order valence-corrected chi connectivity index (χ4v) is 3.32. The van der Waals surface area contributed by atoms with Crippen LogP contribution in [0, 0.1) is 0 Å². The number of benzene rings is 1. The van der Waals surface area contributed by atoms with Gasteiger partial charge in [0, 0.05) is 37.3 Å². The Kier molecular flexibility index (Phi) is 2.94. The first-order valence-corrected chi connectivity index (χ1v) is 7.69. The third kappa shape index (κ3) is 1.99. The minimum absolute atomic E-state index is 1.03. The number of hydrogen-bond donors (Lipinski definition) is 0. The van der Waals surface area contributed by atoms with E-state index in [-0.39, 0.29) is 0 Å². The van der Waals surface area contributed by atoms with E-state index in [9.17, 15) is 0 Å². The number of nitrogens with zero attached hydrogens (tertiary/aromatic N) is 4. The van der Waals surface area contributed by atoms with Crippen molar-refractivity contribution in [2.75, 3.05) is 18.0 Å². The summed E-state index contributed by atoms with van der Waals surface area (Å²) in [5.41, 5.74) is 2.53. The number of anilines is 1. The largest absolute Gasteiger partial charge is 0.372 e. The van der Waals surface area contributed by atoms with E-state index in [4.69, 9.17) is 0 Å². The number of hydrogen-bond acceptors (Lipinski definition) is 3. The van der Waals surface area contributed by atoms with Crippen molar-refractivity contribution in [3.05, 3.63) is 30.1 Å². The summed E-state index contributed by atoms with van der Waals surface area (Å²) in [6.45, 7) is 3.45. The molecular formula is C16H20N4. The maximum atomic E-state index is 4.39. The van der Waals surface area contributed by atoms with Gasteiger partial charge in [-0.15, -0.1) is 10.2 Å². The molecule has 4 rings (SSSR count). The highest BCUT2D eigenvalue weighted by Gasteiger charge is 2.17. The zero-order valence-corrected chi connectivity index (χ0v) is 11.8. The van der Waals surface area contributed by atoms with Crippen LogP contribution in [0.4, 0.5) is 5.69 Å². The number of rotatable bonds is 2. The Labute approximate surface area is 119 Å². The van der Waals surface area contributed by atoms with Crippen LogP contribution >= 0.6 is 0 Å². The Morgan fingerprint density at radius 1 is 0.800 bits per heavy atom. The first-order chi connectivity index (χ1) is 9.92. The monoisotopic (exact) mass is 268 g/mol. The van der Waals surface area contributed by atoms with Crippen LogP contribution in [-0.2, 0) is 13.0 Å². The van der Waals surface area contributed by atoms with E-state index in [0.717, 1.165) is 24.6 Å². The lowest BCUT2D eigenvalue weighted by molar-refractivity contribution is 0.526. The highest BCUT2D eigenvalue weighted by atomic mass is 15.3. The molecule has 1 fully saturated rings. The van der Waals surface area contributed by atoms with E-state index < -0.39 is 0 Å². The Morgan fingerprint density at radius 3 is 2.35 bits per heavy atom. The molecule has 0 radical (unpaired) electrons. The van der Waals surface area contributed by atoms with Gasteiger partial charge in [0.1, 0.15) is 5.82 Å². The van der Waals surface area contributed by atoms with Crippen molar-refractivity contribution in [2.24, 2.45) is 0 Å². The number of fused-ring (bicyclic) bond motifs is 1. The van der Waals surface area contributed by atoms with Crippen molar-refractivity contribution in [1.29, 1.82) is 0 Å². The Bertz CT molecular complexity index is 593. The first-order valence-electron chi connectivity index (χ1n) is 7.69. The molecule has 2 aliphatic heterocycles. The predicted molar refractivity (Wildman–Crippen MR) is 79.8 cm³/mol. The highest BCUT2D eigenvalue weighted by Crippen LogP contribution is 2.26. The van der Waals surface area contributed by atoms with Crippen LogP contribution in [0.15, 0.2) is 24.3 Å². The van der Waals surface area contributed by atoms with Crippen molar-refractivity contribution in [1.82, 2.24) is 14.8 Å². The van der Waals surface area contributed by atoms with Crippen LogP contribution in [0.2, 0.25) is 0 Å². The van der Waals surface area contributed by atoms with E-state index in [1.165, 1.54) is 50.0 Å². The molecule has 0 bridgehead atoms. The van der Waals surface area contributed by atoms with Gasteiger partial charge in [-0.2, -0.15) is 0 Å². The summed E-state index contributed by atoms with van der Waals surface area (Å²) < 4.78 is 2.29. The van der Waals surface area contributed by atoms with E-state index in [0.29, 0.717) is 0 Å². The second-order valence-electron chi connectivity index (χ2n) is 5.79. The van der Waals surface area contributed by atoms with Crippen LogP contribution in [0.5, 0.6) is 0 Å². The summed E-state index contributed by atoms with van der Waals surface area (Å²) in [4.78, 5) is 2.46. The van der Waals surface area contributed by atoms with Crippen LogP contribution in [0.1, 0.15) is 31.5 Å². The third-order valence-electron chi connectivity index (χ3n) is 4.46. The highest BCUT2D eigenvalue weighted by molar-refractivity contribution is 5.61. The quantitative estimate of drug-likeness (QED) is 0.840. The zero-order chi connectivity index (χ0) is 13.4. The van der Waals surface area contributed by atoms with Gasteiger partial charge in [0.05, 0.1) is 0 Å². The molecule has 4 heteroatoms. The molecule has 2 aromatic rings. The van der Waals surface area contributed by atoms with E-state index in [2.05, 4.69) is 43.9 Å². The summed E-state index contributed by atoms with van der Waals surface area (Å²) in [6, 6.07) is 8.84. The predicted octanol–water partition coefficient (Wildman–Crippen LogP) is 2.88. The standard InChI is InChI=1S/C16H20N4/c1-2-12-20-15(5-1)17-18-16(20)13-6-8-14(9-7-13)19-10-3-4-11-19/h6-9H,1-5,10-12H2. The van der Waals surface area contributed by atoms with Crippen molar-refractivity contribution in [3.63, 3.8) is 0 Å². The van der Waals surface area contributed by atoms with E-state index in [1.54, 1.807) is 0 Å². The molecule has 1 aromatic carbocycles. The fourth-order valence-electron chi connectivity index (χ4n) is 3.32. The van der Waals surface area contributed by atoms with Gasteiger partial charge in [-0.3, -0.25) is 0 Å². The normalized spacial score (nSPS) is 18.3. The molecule has 2 aliphatic rings. The van der Waals surface area contributed by atoms with Crippen LogP contribution in [0.3, 0.4) is 0 Å². The van der Waals surface area contributed by atoms with Crippen molar-refractivity contribution in [2.45, 2.75) is 38.6 Å². The molecule has 0 amide bonds. The van der Waals surface area contributed by atoms with Gasteiger partial charge in [-0.05, 0) is 49.9 Å². The van der Waals surface area contributed by atoms with Gasteiger partial charge in [0.15, 0.2) is 5.82 Å². The van der Waals surface area contributed by atoms with Gasteiger partial charge in [-0.25, -0.2) is 0 Å². The molecule has 20 heavy (non-hydrogen) atoms.